The largest absolute Gasteiger partial charge is 0.454 e. The molecule has 5 nitrogen and oxygen atoms in total. The van der Waals surface area contributed by atoms with Gasteiger partial charge >= 0.3 is 0 Å². The van der Waals surface area contributed by atoms with Crippen LogP contribution >= 0.6 is 0 Å². The van der Waals surface area contributed by atoms with Gasteiger partial charge in [-0.15, -0.1) is 6.42 Å². The summed E-state index contributed by atoms with van der Waals surface area (Å²) in [6.07, 6.45) is 8.38. The summed E-state index contributed by atoms with van der Waals surface area (Å²) in [6, 6.07) is 5.26. The number of carbonyl (C=O) groups excluding carboxylic acids is 1. The topological polar surface area (TPSA) is 50.8 Å². The molecule has 2 aliphatic rings. The van der Waals surface area contributed by atoms with E-state index >= 15 is 0 Å². The van der Waals surface area contributed by atoms with Crippen LogP contribution in [0.4, 0.5) is 5.69 Å². The Balaban J connectivity index is 1.69. The third kappa shape index (κ3) is 2.96. The highest BCUT2D eigenvalue weighted by atomic mass is 16.7. The molecule has 1 fully saturated rings. The number of fused-ring (bicyclic) bond motifs is 1. The maximum atomic E-state index is 12.5. The van der Waals surface area contributed by atoms with E-state index in [1.165, 1.54) is 0 Å². The van der Waals surface area contributed by atoms with Gasteiger partial charge in [0, 0.05) is 11.8 Å². The van der Waals surface area contributed by atoms with E-state index in [9.17, 15) is 4.79 Å². The highest BCUT2D eigenvalue weighted by Gasteiger charge is 2.28. The smallest absolute Gasteiger partial charge is 0.241 e. The molecule has 2 aliphatic heterocycles. The first kappa shape index (κ1) is 13.8. The Kier molecular flexibility index (Phi) is 3.98. The van der Waals surface area contributed by atoms with Crippen molar-refractivity contribution in [2.75, 3.05) is 25.2 Å². The quantitative estimate of drug-likeness (QED) is 0.862. The van der Waals surface area contributed by atoms with Crippen molar-refractivity contribution in [3.8, 4) is 23.8 Å². The minimum atomic E-state index is -0.153. The van der Waals surface area contributed by atoms with Crippen molar-refractivity contribution in [3.63, 3.8) is 0 Å². The third-order valence-corrected chi connectivity index (χ3v) is 3.85. The molecule has 21 heavy (non-hydrogen) atoms. The molecule has 0 aromatic heterocycles. The van der Waals surface area contributed by atoms with Gasteiger partial charge in [0.25, 0.3) is 0 Å². The second kappa shape index (κ2) is 6.06. The Hall–Kier alpha value is -2.19. The average molecular weight is 286 g/mol. The van der Waals surface area contributed by atoms with Crippen LogP contribution in [0, 0.1) is 12.3 Å². The Bertz CT molecular complexity index is 579. The summed E-state index contributed by atoms with van der Waals surface area (Å²) in [4.78, 5) is 14.5. The van der Waals surface area contributed by atoms with E-state index in [1.807, 2.05) is 6.07 Å². The molecule has 1 atom stereocenters. The van der Waals surface area contributed by atoms with Gasteiger partial charge in [-0.3, -0.25) is 9.69 Å². The number of carbonyl (C=O) groups is 1. The number of hydrogen-bond acceptors (Lipinski definition) is 4. The second-order valence-corrected chi connectivity index (χ2v) is 5.24. The minimum absolute atomic E-state index is 0.0104. The number of nitrogens with one attached hydrogen (secondary N) is 1. The number of hydrogen-bond donors (Lipinski definition) is 1. The summed E-state index contributed by atoms with van der Waals surface area (Å²) in [5, 5.41) is 2.94. The predicted octanol–water partition coefficient (Wildman–Crippen LogP) is 1.84. The minimum Gasteiger partial charge on any atom is -0.454 e. The highest BCUT2D eigenvalue weighted by molar-refractivity contribution is 5.95. The van der Waals surface area contributed by atoms with Gasteiger partial charge in [-0.1, -0.05) is 12.3 Å². The number of rotatable bonds is 3. The van der Waals surface area contributed by atoms with Gasteiger partial charge in [0.1, 0.15) is 0 Å². The zero-order valence-electron chi connectivity index (χ0n) is 11.8. The molecule has 1 aromatic rings. The molecule has 0 spiro atoms. The van der Waals surface area contributed by atoms with Crippen molar-refractivity contribution >= 4 is 11.6 Å². The van der Waals surface area contributed by atoms with Crippen LogP contribution in [-0.2, 0) is 4.79 Å². The fourth-order valence-corrected chi connectivity index (χ4v) is 2.79. The van der Waals surface area contributed by atoms with E-state index in [0.29, 0.717) is 18.0 Å². The molecule has 5 heteroatoms. The Morgan fingerprint density at radius 2 is 2.24 bits per heavy atom. The average Bonchev–Trinajstić information content (AvgIpc) is 2.95. The molecule has 0 radical (unpaired) electrons. The molecular weight excluding hydrogens is 268 g/mol. The predicted molar refractivity (Wildman–Crippen MR) is 79.2 cm³/mol. The SMILES string of the molecule is C#CCN1CCCCC1C(=O)Nc1ccc2c(c1)OCO2. The van der Waals surface area contributed by atoms with E-state index in [2.05, 4.69) is 16.1 Å². The fraction of sp³-hybridized carbons (Fsp3) is 0.438. The maximum Gasteiger partial charge on any atom is 0.241 e. The number of terminal acetylenes is 1. The lowest BCUT2D eigenvalue weighted by atomic mass is 10.0. The molecule has 3 rings (SSSR count). The first-order valence-corrected chi connectivity index (χ1v) is 7.16. The van der Waals surface area contributed by atoms with Crippen molar-refractivity contribution in [1.82, 2.24) is 4.90 Å². The zero-order chi connectivity index (χ0) is 14.7. The third-order valence-electron chi connectivity index (χ3n) is 3.85. The molecule has 1 unspecified atom stereocenters. The van der Waals surface area contributed by atoms with Crippen molar-refractivity contribution in [3.05, 3.63) is 18.2 Å². The molecule has 110 valence electrons. The summed E-state index contributed by atoms with van der Waals surface area (Å²) in [5.41, 5.74) is 0.718. The summed E-state index contributed by atoms with van der Waals surface area (Å²) in [7, 11) is 0. The lowest BCUT2D eigenvalue weighted by Gasteiger charge is -2.33. The molecule has 0 bridgehead atoms. The molecule has 1 amide bonds. The summed E-state index contributed by atoms with van der Waals surface area (Å²) < 4.78 is 10.6. The van der Waals surface area contributed by atoms with Crippen LogP contribution in [0.3, 0.4) is 0 Å². The van der Waals surface area contributed by atoms with Gasteiger partial charge in [0.2, 0.25) is 12.7 Å². The van der Waals surface area contributed by atoms with Crippen LogP contribution in [0.2, 0.25) is 0 Å². The van der Waals surface area contributed by atoms with Crippen molar-refractivity contribution in [2.24, 2.45) is 0 Å². The Labute approximate surface area is 124 Å². The van der Waals surface area contributed by atoms with Crippen LogP contribution in [0.25, 0.3) is 0 Å². The van der Waals surface area contributed by atoms with E-state index < -0.39 is 0 Å². The van der Waals surface area contributed by atoms with Crippen molar-refractivity contribution in [1.29, 1.82) is 0 Å². The Morgan fingerprint density at radius 1 is 1.38 bits per heavy atom. The number of ether oxygens (including phenoxy) is 2. The first-order valence-electron chi connectivity index (χ1n) is 7.16. The number of piperidine rings is 1. The lowest BCUT2D eigenvalue weighted by molar-refractivity contribution is -0.122. The second-order valence-electron chi connectivity index (χ2n) is 5.24. The summed E-state index contributed by atoms with van der Waals surface area (Å²) in [6.45, 7) is 1.62. The van der Waals surface area contributed by atoms with Crippen LogP contribution in [-0.4, -0.2) is 36.7 Å². The van der Waals surface area contributed by atoms with E-state index in [4.69, 9.17) is 15.9 Å². The lowest BCUT2D eigenvalue weighted by Crippen LogP contribution is -2.47. The fourth-order valence-electron chi connectivity index (χ4n) is 2.79. The molecule has 0 aliphatic carbocycles. The number of likely N-dealkylation sites (tertiary alicyclic amines) is 1. The molecule has 1 saturated heterocycles. The van der Waals surface area contributed by atoms with Crippen LogP contribution < -0.4 is 14.8 Å². The molecule has 1 aromatic carbocycles. The molecule has 2 heterocycles. The van der Waals surface area contributed by atoms with Crippen LogP contribution in [0.5, 0.6) is 11.5 Å². The van der Waals surface area contributed by atoms with Crippen molar-refractivity contribution < 1.29 is 14.3 Å². The standard InChI is InChI=1S/C16H18N2O3/c1-2-8-18-9-4-3-5-13(18)16(19)17-12-6-7-14-15(10-12)21-11-20-14/h1,6-7,10,13H,3-5,8-9,11H2,(H,17,19). The van der Waals surface area contributed by atoms with Gasteiger partial charge < -0.3 is 14.8 Å². The van der Waals surface area contributed by atoms with Crippen LogP contribution in [0.1, 0.15) is 19.3 Å². The van der Waals surface area contributed by atoms with Gasteiger partial charge in [-0.05, 0) is 31.5 Å². The number of anilines is 1. The first-order chi connectivity index (χ1) is 10.3. The molecule has 0 saturated carbocycles. The number of benzene rings is 1. The summed E-state index contributed by atoms with van der Waals surface area (Å²) >= 11 is 0. The maximum absolute atomic E-state index is 12.5. The molecular formula is C16H18N2O3. The number of nitrogens with zero attached hydrogens (tertiary/aromatic N) is 1. The Morgan fingerprint density at radius 3 is 3.10 bits per heavy atom. The molecule has 1 N–H and O–H groups in total. The van der Waals surface area contributed by atoms with Gasteiger partial charge in [0.15, 0.2) is 11.5 Å². The monoisotopic (exact) mass is 286 g/mol. The van der Waals surface area contributed by atoms with E-state index in [-0.39, 0.29) is 18.7 Å². The van der Waals surface area contributed by atoms with Crippen molar-refractivity contribution in [2.45, 2.75) is 25.3 Å². The van der Waals surface area contributed by atoms with Gasteiger partial charge in [-0.2, -0.15) is 0 Å². The zero-order valence-corrected chi connectivity index (χ0v) is 11.8. The van der Waals surface area contributed by atoms with Gasteiger partial charge in [-0.25, -0.2) is 0 Å². The summed E-state index contributed by atoms with van der Waals surface area (Å²) in [5.74, 6) is 3.99. The van der Waals surface area contributed by atoms with Crippen LogP contribution in [0.15, 0.2) is 18.2 Å². The van der Waals surface area contributed by atoms with E-state index in [0.717, 1.165) is 31.5 Å². The van der Waals surface area contributed by atoms with Gasteiger partial charge in [0.05, 0.1) is 12.6 Å². The van der Waals surface area contributed by atoms with E-state index in [1.54, 1.807) is 12.1 Å². The normalized spacial score (nSPS) is 20.8. The number of amides is 1. The highest BCUT2D eigenvalue weighted by Crippen LogP contribution is 2.34.